The molecule has 4 aromatic carbocycles. The van der Waals surface area contributed by atoms with Crippen LogP contribution in [0.3, 0.4) is 0 Å². The van der Waals surface area contributed by atoms with Crippen LogP contribution in [0.5, 0.6) is 0 Å². The van der Waals surface area contributed by atoms with Gasteiger partial charge in [-0.2, -0.15) is 0 Å². The van der Waals surface area contributed by atoms with Crippen LogP contribution in [0.25, 0.3) is 50.3 Å². The van der Waals surface area contributed by atoms with Crippen molar-refractivity contribution in [2.75, 3.05) is 0 Å². The summed E-state index contributed by atoms with van der Waals surface area (Å²) in [6, 6.07) is 32.3. The third-order valence-corrected chi connectivity index (χ3v) is 7.27. The van der Waals surface area contributed by atoms with Crippen LogP contribution < -0.4 is 0 Å². The molecule has 1 atom stereocenters. The van der Waals surface area contributed by atoms with Crippen LogP contribution >= 0.6 is 11.6 Å². The lowest BCUT2D eigenvalue weighted by atomic mass is 9.90. The first-order valence-electron chi connectivity index (χ1n) is 12.6. The molecule has 5 heteroatoms. The van der Waals surface area contributed by atoms with Gasteiger partial charge in [-0.05, 0) is 24.1 Å². The maximum atomic E-state index is 6.46. The quantitative estimate of drug-likeness (QED) is 0.237. The third-order valence-electron chi connectivity index (χ3n) is 6.97. The zero-order chi connectivity index (χ0) is 25.5. The highest BCUT2D eigenvalue weighted by atomic mass is 35.5. The van der Waals surface area contributed by atoms with Crippen LogP contribution in [0.4, 0.5) is 0 Å². The normalized spacial score (nSPS) is 15.2. The van der Waals surface area contributed by atoms with Crippen molar-refractivity contribution in [3.8, 4) is 22.8 Å². The van der Waals surface area contributed by atoms with Gasteiger partial charge in [0.2, 0.25) is 0 Å². The highest BCUT2D eigenvalue weighted by Gasteiger charge is 2.20. The first-order valence-corrected chi connectivity index (χ1v) is 13.0. The Morgan fingerprint density at radius 2 is 1.45 bits per heavy atom. The second-order valence-electron chi connectivity index (χ2n) is 9.34. The number of allylic oxidation sites excluding steroid dienone is 4. The molecule has 0 radical (unpaired) electrons. The number of furan rings is 1. The Balaban J connectivity index is 1.39. The Morgan fingerprint density at radius 1 is 0.711 bits per heavy atom. The average Bonchev–Trinajstić information content (AvgIpc) is 3.38. The Kier molecular flexibility index (Phi) is 5.60. The summed E-state index contributed by atoms with van der Waals surface area (Å²) in [4.78, 5) is 14.8. The summed E-state index contributed by atoms with van der Waals surface area (Å²) in [5.41, 5.74) is 5.53. The van der Waals surface area contributed by atoms with Gasteiger partial charge >= 0.3 is 0 Å². The lowest BCUT2D eigenvalue weighted by molar-refractivity contribution is 0.669. The fraction of sp³-hybridized carbons (Fsp3) is 0.0606. The highest BCUT2D eigenvalue weighted by molar-refractivity contribution is 6.36. The van der Waals surface area contributed by atoms with Crippen molar-refractivity contribution in [2.45, 2.75) is 12.3 Å². The van der Waals surface area contributed by atoms with E-state index in [1.54, 1.807) is 0 Å². The maximum absolute atomic E-state index is 6.46. The second kappa shape index (κ2) is 9.40. The van der Waals surface area contributed by atoms with E-state index in [1.807, 2.05) is 72.8 Å². The van der Waals surface area contributed by atoms with Crippen LogP contribution in [0.2, 0.25) is 5.02 Å². The predicted molar refractivity (Wildman–Crippen MR) is 154 cm³/mol. The highest BCUT2D eigenvalue weighted by Crippen LogP contribution is 2.39. The van der Waals surface area contributed by atoms with E-state index in [2.05, 4.69) is 42.5 Å². The van der Waals surface area contributed by atoms with Gasteiger partial charge in [-0.15, -0.1) is 0 Å². The zero-order valence-electron chi connectivity index (χ0n) is 20.4. The van der Waals surface area contributed by atoms with Crippen molar-refractivity contribution in [1.82, 2.24) is 15.0 Å². The molecule has 0 amide bonds. The molecule has 0 saturated carbocycles. The van der Waals surface area contributed by atoms with E-state index in [0.29, 0.717) is 34.0 Å². The molecule has 7 rings (SSSR count). The molecule has 38 heavy (non-hydrogen) atoms. The lowest BCUT2D eigenvalue weighted by Crippen LogP contribution is -2.05. The van der Waals surface area contributed by atoms with Crippen LogP contribution in [-0.2, 0) is 0 Å². The van der Waals surface area contributed by atoms with Gasteiger partial charge in [0.05, 0.1) is 5.02 Å². The van der Waals surface area contributed by atoms with Crippen molar-refractivity contribution in [1.29, 1.82) is 0 Å². The van der Waals surface area contributed by atoms with E-state index in [0.717, 1.165) is 39.5 Å². The topological polar surface area (TPSA) is 51.8 Å². The van der Waals surface area contributed by atoms with E-state index in [9.17, 15) is 0 Å². The first kappa shape index (κ1) is 22.6. The zero-order valence-corrected chi connectivity index (χ0v) is 21.1. The fourth-order valence-corrected chi connectivity index (χ4v) is 5.29. The Labute approximate surface area is 225 Å². The lowest BCUT2D eigenvalue weighted by Gasteiger charge is -2.17. The van der Waals surface area contributed by atoms with Gasteiger partial charge < -0.3 is 4.42 Å². The largest absolute Gasteiger partial charge is 0.454 e. The number of halogens is 1. The van der Waals surface area contributed by atoms with Gasteiger partial charge in [0.1, 0.15) is 5.58 Å². The molecule has 2 aromatic heterocycles. The first-order chi connectivity index (χ1) is 18.7. The molecule has 4 nitrogen and oxygen atoms in total. The Bertz CT molecular complexity index is 1860. The van der Waals surface area contributed by atoms with E-state index < -0.39 is 0 Å². The number of aromatic nitrogens is 3. The number of rotatable bonds is 4. The van der Waals surface area contributed by atoms with Crippen molar-refractivity contribution < 1.29 is 4.42 Å². The fourth-order valence-electron chi connectivity index (χ4n) is 5.08. The molecular formula is C33H22ClN3O. The number of nitrogens with zero attached hydrogens (tertiary/aromatic N) is 3. The van der Waals surface area contributed by atoms with Gasteiger partial charge in [-0.3, -0.25) is 0 Å². The van der Waals surface area contributed by atoms with Gasteiger partial charge in [-0.1, -0.05) is 115 Å². The number of para-hydroxylation sites is 1. The van der Waals surface area contributed by atoms with Crippen molar-refractivity contribution in [3.05, 3.63) is 132 Å². The molecule has 0 spiro atoms. The molecular weight excluding hydrogens is 490 g/mol. The molecule has 0 saturated heterocycles. The molecule has 1 unspecified atom stereocenters. The Morgan fingerprint density at radius 3 is 2.24 bits per heavy atom. The van der Waals surface area contributed by atoms with Gasteiger partial charge in [0.25, 0.3) is 0 Å². The molecule has 0 fully saturated rings. The summed E-state index contributed by atoms with van der Waals surface area (Å²) < 4.78 is 6.13. The van der Waals surface area contributed by atoms with Crippen molar-refractivity contribution in [2.24, 2.45) is 0 Å². The summed E-state index contributed by atoms with van der Waals surface area (Å²) in [7, 11) is 0. The van der Waals surface area contributed by atoms with E-state index in [-0.39, 0.29) is 0 Å². The summed E-state index contributed by atoms with van der Waals surface area (Å²) in [5.74, 6) is 2.22. The molecule has 0 N–H and O–H groups in total. The minimum atomic E-state index is 0.339. The number of benzene rings is 4. The van der Waals surface area contributed by atoms with E-state index in [4.69, 9.17) is 31.0 Å². The predicted octanol–water partition coefficient (Wildman–Crippen LogP) is 8.89. The molecule has 2 heterocycles. The van der Waals surface area contributed by atoms with Gasteiger partial charge in [-0.25, -0.2) is 15.0 Å². The summed E-state index contributed by atoms with van der Waals surface area (Å²) >= 11 is 6.46. The van der Waals surface area contributed by atoms with Crippen molar-refractivity contribution in [3.63, 3.8) is 0 Å². The number of fused-ring (bicyclic) bond motifs is 3. The minimum Gasteiger partial charge on any atom is -0.454 e. The van der Waals surface area contributed by atoms with E-state index >= 15 is 0 Å². The van der Waals surface area contributed by atoms with Crippen LogP contribution in [0.15, 0.2) is 120 Å². The SMILES string of the molecule is Clc1cccc2c1oc1cccc(-c3nc(C4=CCC(c5ccccc5)C=C4)nc(-c4ccccc4)n3)c12. The smallest absolute Gasteiger partial charge is 0.164 e. The second-order valence-corrected chi connectivity index (χ2v) is 9.75. The molecule has 182 valence electrons. The van der Waals surface area contributed by atoms with Crippen LogP contribution in [0.1, 0.15) is 23.7 Å². The monoisotopic (exact) mass is 511 g/mol. The standard InChI is InChI=1S/C33H22ClN3O/c34-27-15-7-13-25-29-26(14-8-16-28(29)38-30(25)27)33-36-31(23-11-5-2-6-12-23)35-32(37-33)24-19-17-22(18-20-24)21-9-3-1-4-10-21/h1-17,19-20,22H,18H2. The summed E-state index contributed by atoms with van der Waals surface area (Å²) in [6.45, 7) is 0. The van der Waals surface area contributed by atoms with Crippen LogP contribution in [-0.4, -0.2) is 15.0 Å². The molecule has 0 aliphatic heterocycles. The number of hydrogen-bond donors (Lipinski definition) is 0. The van der Waals surface area contributed by atoms with Crippen molar-refractivity contribution >= 4 is 39.1 Å². The Hall–Kier alpha value is -4.54. The van der Waals surface area contributed by atoms with E-state index in [1.165, 1.54) is 5.56 Å². The minimum absolute atomic E-state index is 0.339. The molecule has 0 bridgehead atoms. The molecule has 1 aliphatic rings. The van der Waals surface area contributed by atoms with Gasteiger partial charge in [0, 0.05) is 33.4 Å². The molecule has 6 aromatic rings. The third kappa shape index (κ3) is 4.00. The van der Waals surface area contributed by atoms with Crippen LogP contribution in [0, 0.1) is 0 Å². The van der Waals surface area contributed by atoms with Gasteiger partial charge in [0.15, 0.2) is 23.1 Å². The maximum Gasteiger partial charge on any atom is 0.164 e. The summed E-state index contributed by atoms with van der Waals surface area (Å²) in [6.07, 6.45) is 7.47. The molecule has 1 aliphatic carbocycles. The summed E-state index contributed by atoms with van der Waals surface area (Å²) in [5, 5.41) is 2.46. The number of hydrogen-bond acceptors (Lipinski definition) is 4. The average molecular weight is 512 g/mol.